The van der Waals surface area contributed by atoms with Gasteiger partial charge in [0, 0.05) is 18.7 Å². The number of carbonyl (C=O) groups excluding carboxylic acids is 3. The second-order valence-electron chi connectivity index (χ2n) is 8.97. The fourth-order valence-electron chi connectivity index (χ4n) is 2.98. The van der Waals surface area contributed by atoms with E-state index in [1.807, 2.05) is 6.92 Å². The van der Waals surface area contributed by atoms with Gasteiger partial charge in [0.2, 0.25) is 12.3 Å². The Kier molecular flexibility index (Phi) is 19.9. The highest BCUT2D eigenvalue weighted by Gasteiger charge is 2.17. The van der Waals surface area contributed by atoms with E-state index in [1.54, 1.807) is 27.0 Å². The van der Waals surface area contributed by atoms with E-state index in [4.69, 9.17) is 4.74 Å². The highest BCUT2D eigenvalue weighted by molar-refractivity contribution is 5.88. The first-order valence-electron chi connectivity index (χ1n) is 12.0. The van der Waals surface area contributed by atoms with Crippen LogP contribution >= 0.6 is 0 Å². The highest BCUT2D eigenvalue weighted by Crippen LogP contribution is 2.11. The Balaban J connectivity index is 0. The van der Waals surface area contributed by atoms with E-state index in [1.165, 1.54) is 37.3 Å². The lowest BCUT2D eigenvalue weighted by atomic mass is 10.1. The average Bonchev–Trinajstić information content (AvgIpc) is 2.75. The molecule has 0 aromatic carbocycles. The van der Waals surface area contributed by atoms with Crippen LogP contribution in [-0.4, -0.2) is 73.5 Å². The van der Waals surface area contributed by atoms with Crippen LogP contribution in [0, 0.1) is 5.92 Å². The molecule has 1 saturated heterocycles. The fraction of sp³-hybridized carbons (Fsp3) is 0.800. The van der Waals surface area contributed by atoms with Crippen molar-refractivity contribution < 1.29 is 19.1 Å². The summed E-state index contributed by atoms with van der Waals surface area (Å²) in [6.45, 7) is 19.3. The van der Waals surface area contributed by atoms with Crippen molar-refractivity contribution in [3.63, 3.8) is 0 Å². The van der Waals surface area contributed by atoms with Crippen LogP contribution in [-0.2, 0) is 19.1 Å². The Hall–Kier alpha value is -1.89. The van der Waals surface area contributed by atoms with Gasteiger partial charge in [-0.25, -0.2) is 4.79 Å². The number of piperidine rings is 1. The number of esters is 1. The number of rotatable bonds is 9. The van der Waals surface area contributed by atoms with Gasteiger partial charge in [-0.2, -0.15) is 0 Å². The summed E-state index contributed by atoms with van der Waals surface area (Å²) < 4.78 is 4.88. The van der Waals surface area contributed by atoms with Gasteiger partial charge < -0.3 is 19.9 Å². The molecule has 0 radical (unpaired) electrons. The molecule has 1 aliphatic rings. The van der Waals surface area contributed by atoms with Gasteiger partial charge in [0.25, 0.3) is 0 Å². The van der Waals surface area contributed by atoms with Crippen molar-refractivity contribution in [3.05, 3.63) is 11.6 Å². The summed E-state index contributed by atoms with van der Waals surface area (Å²) in [6, 6.07) is 0.565. The molecule has 2 amide bonds. The maximum Gasteiger partial charge on any atom is 0.333 e. The topological polar surface area (TPSA) is 79.0 Å². The van der Waals surface area contributed by atoms with E-state index in [0.717, 1.165) is 12.0 Å². The minimum Gasteiger partial charge on any atom is -0.463 e. The molecule has 7 nitrogen and oxygen atoms in total. The van der Waals surface area contributed by atoms with Gasteiger partial charge in [0.1, 0.15) is 0 Å². The molecule has 0 aromatic rings. The van der Waals surface area contributed by atoms with Crippen LogP contribution in [0.4, 0.5) is 0 Å². The van der Waals surface area contributed by atoms with Crippen LogP contribution < -0.4 is 5.32 Å². The lowest BCUT2D eigenvalue weighted by molar-refractivity contribution is -0.138. The van der Waals surface area contributed by atoms with E-state index in [0.29, 0.717) is 25.0 Å². The Morgan fingerprint density at radius 1 is 1.06 bits per heavy atom. The van der Waals surface area contributed by atoms with Crippen LogP contribution in [0.25, 0.3) is 0 Å². The molecule has 1 aliphatic heterocycles. The van der Waals surface area contributed by atoms with Crippen LogP contribution in [0.3, 0.4) is 0 Å². The number of carbonyl (C=O) groups is 3. The van der Waals surface area contributed by atoms with Crippen molar-refractivity contribution >= 4 is 18.3 Å². The maximum absolute atomic E-state index is 11.7. The number of hydrogen-bond acceptors (Lipinski definition) is 5. The minimum absolute atomic E-state index is 0.0528. The summed E-state index contributed by atoms with van der Waals surface area (Å²) in [6.07, 6.45) is 7.13. The van der Waals surface area contributed by atoms with Crippen LogP contribution in [0.2, 0.25) is 0 Å². The zero-order valence-corrected chi connectivity index (χ0v) is 22.1. The Bertz CT molecular complexity index is 539. The van der Waals surface area contributed by atoms with E-state index < -0.39 is 0 Å². The quantitative estimate of drug-likeness (QED) is 0.323. The first-order valence-corrected chi connectivity index (χ1v) is 12.0. The summed E-state index contributed by atoms with van der Waals surface area (Å²) in [7, 11) is 1.64. The van der Waals surface area contributed by atoms with Gasteiger partial charge in [-0.15, -0.1) is 0 Å². The molecule has 7 heteroatoms. The summed E-state index contributed by atoms with van der Waals surface area (Å²) in [5, 5.41) is 2.32. The molecule has 0 aliphatic carbocycles. The summed E-state index contributed by atoms with van der Waals surface area (Å²) in [5.74, 6) is 0.236. The van der Waals surface area contributed by atoms with Crippen molar-refractivity contribution in [2.45, 2.75) is 93.2 Å². The number of nitrogens with zero attached hydrogens (tertiary/aromatic N) is 2. The van der Waals surface area contributed by atoms with E-state index >= 15 is 0 Å². The molecule has 188 valence electrons. The second kappa shape index (κ2) is 19.8. The van der Waals surface area contributed by atoms with Crippen molar-refractivity contribution in [1.29, 1.82) is 0 Å². The first-order chi connectivity index (χ1) is 15.0. The predicted octanol–water partition coefficient (Wildman–Crippen LogP) is 4.02. The van der Waals surface area contributed by atoms with Gasteiger partial charge in [0.05, 0.1) is 19.2 Å². The number of likely N-dealkylation sites (N-methyl/N-ethyl adjacent to an activating group) is 1. The normalized spacial score (nSPS) is 15.0. The molecule has 1 atom stereocenters. The Morgan fingerprint density at radius 3 is 1.97 bits per heavy atom. The molecule has 1 N–H and O–H groups in total. The molecule has 0 unspecified atom stereocenters. The number of likely N-dealkylation sites (tertiary alicyclic amines) is 1. The lowest BCUT2D eigenvalue weighted by Crippen LogP contribution is -2.41. The number of amides is 2. The molecule has 0 aromatic heterocycles. The summed E-state index contributed by atoms with van der Waals surface area (Å²) in [5.41, 5.74) is 0.469. The van der Waals surface area contributed by atoms with Gasteiger partial charge >= 0.3 is 5.97 Å². The zero-order valence-electron chi connectivity index (χ0n) is 22.1. The number of ether oxygens (including phenoxy) is 1. The molecule has 32 heavy (non-hydrogen) atoms. The molecule has 0 spiro atoms. The van der Waals surface area contributed by atoms with Gasteiger partial charge in [-0.05, 0) is 66.0 Å². The molecule has 1 heterocycles. The SMILES string of the molecule is CC(C)C.CC(C)N1CCCCC1.CCOC(=O)/C(C)=C/[C@H](CC)N(C)C(=O)CNC=O. The second-order valence-corrected chi connectivity index (χ2v) is 8.97. The standard InChI is InChI=1S/C13H22N2O4.C8H17N.C4H10/c1-5-11(7-10(3)13(18)19-6-2)15(4)12(17)8-14-9-16;1-8(2)9-6-4-3-5-7-9;1-4(2)3/h7,9,11H,5-6,8H2,1-4H3,(H,14,16);8H,3-7H2,1-2H3;4H,1-3H3/b10-7+;;/t11-;;/m0../s1. The Labute approximate surface area is 196 Å². The summed E-state index contributed by atoms with van der Waals surface area (Å²) in [4.78, 5) is 37.5. The van der Waals surface area contributed by atoms with E-state index in [-0.39, 0.29) is 24.5 Å². The predicted molar refractivity (Wildman–Crippen MR) is 132 cm³/mol. The highest BCUT2D eigenvalue weighted by atomic mass is 16.5. The van der Waals surface area contributed by atoms with E-state index in [9.17, 15) is 14.4 Å². The third-order valence-electron chi connectivity index (χ3n) is 4.81. The molecular formula is C25H49N3O4. The van der Waals surface area contributed by atoms with Crippen LogP contribution in [0.1, 0.15) is 81.1 Å². The monoisotopic (exact) mass is 455 g/mol. The Morgan fingerprint density at radius 2 is 1.59 bits per heavy atom. The van der Waals surface area contributed by atoms with Gasteiger partial charge in [-0.3, -0.25) is 9.59 Å². The van der Waals surface area contributed by atoms with E-state index in [2.05, 4.69) is 44.8 Å². The molecular weight excluding hydrogens is 406 g/mol. The van der Waals surface area contributed by atoms with Crippen molar-refractivity contribution in [2.75, 3.05) is 33.3 Å². The van der Waals surface area contributed by atoms with Crippen molar-refractivity contribution in [2.24, 2.45) is 5.92 Å². The summed E-state index contributed by atoms with van der Waals surface area (Å²) >= 11 is 0. The minimum atomic E-state index is -0.382. The third kappa shape index (κ3) is 16.8. The van der Waals surface area contributed by atoms with Crippen LogP contribution in [0.15, 0.2) is 11.6 Å². The number of hydrogen-bond donors (Lipinski definition) is 1. The number of nitrogens with one attached hydrogen (secondary N) is 1. The maximum atomic E-state index is 11.7. The van der Waals surface area contributed by atoms with Gasteiger partial charge in [0.15, 0.2) is 0 Å². The first kappa shape index (κ1) is 32.3. The smallest absolute Gasteiger partial charge is 0.333 e. The van der Waals surface area contributed by atoms with Crippen molar-refractivity contribution in [3.8, 4) is 0 Å². The third-order valence-corrected chi connectivity index (χ3v) is 4.81. The fourth-order valence-corrected chi connectivity index (χ4v) is 2.98. The molecule has 0 bridgehead atoms. The van der Waals surface area contributed by atoms with Crippen LogP contribution in [0.5, 0.6) is 0 Å². The largest absolute Gasteiger partial charge is 0.463 e. The molecule has 1 fully saturated rings. The van der Waals surface area contributed by atoms with Crippen molar-refractivity contribution in [1.82, 2.24) is 15.1 Å². The molecule has 1 rings (SSSR count). The molecule has 0 saturated carbocycles. The van der Waals surface area contributed by atoms with Gasteiger partial charge in [-0.1, -0.05) is 40.2 Å². The average molecular weight is 456 g/mol. The zero-order chi connectivity index (χ0) is 25.1. The lowest BCUT2D eigenvalue weighted by Gasteiger charge is -2.29.